The van der Waals surface area contributed by atoms with E-state index in [0.29, 0.717) is 11.4 Å². The van der Waals surface area contributed by atoms with E-state index < -0.39 is 12.1 Å². The number of hydrogen-bond donors (Lipinski definition) is 3. The summed E-state index contributed by atoms with van der Waals surface area (Å²) in [5, 5.41) is 5.34. The molecule has 6 heteroatoms. The van der Waals surface area contributed by atoms with E-state index in [1.807, 2.05) is 0 Å². The molecule has 0 aliphatic rings. The van der Waals surface area contributed by atoms with Crippen LogP contribution in [-0.4, -0.2) is 31.1 Å². The third-order valence-corrected chi connectivity index (χ3v) is 2.53. The molecule has 104 valence electrons. The molecule has 0 saturated heterocycles. The second-order valence-corrected chi connectivity index (χ2v) is 4.23. The summed E-state index contributed by atoms with van der Waals surface area (Å²) in [4.78, 5) is 23.1. The summed E-state index contributed by atoms with van der Waals surface area (Å²) in [5.41, 5.74) is 6.62. The van der Waals surface area contributed by atoms with Gasteiger partial charge in [-0.1, -0.05) is 6.07 Å². The van der Waals surface area contributed by atoms with Crippen molar-refractivity contribution in [3.05, 3.63) is 24.3 Å². The van der Waals surface area contributed by atoms with E-state index in [0.717, 1.165) is 0 Å². The molecule has 0 fully saturated rings. The fourth-order valence-electron chi connectivity index (χ4n) is 1.28. The van der Waals surface area contributed by atoms with Gasteiger partial charge < -0.3 is 21.1 Å². The Morgan fingerprint density at radius 1 is 1.16 bits per heavy atom. The number of hydrogen-bond acceptors (Lipinski definition) is 4. The normalized spacial score (nSPS) is 13.5. The lowest BCUT2D eigenvalue weighted by Gasteiger charge is -2.12. The van der Waals surface area contributed by atoms with E-state index in [-0.39, 0.29) is 11.8 Å². The molecule has 0 aliphatic heterocycles. The van der Waals surface area contributed by atoms with Gasteiger partial charge in [0.25, 0.3) is 5.91 Å². The summed E-state index contributed by atoms with van der Waals surface area (Å²) in [6.07, 6.45) is -0.540. The number of methoxy groups -OCH3 is 1. The molecular weight excluding hydrogens is 246 g/mol. The summed E-state index contributed by atoms with van der Waals surface area (Å²) in [6, 6.07) is 6.23. The van der Waals surface area contributed by atoms with Crippen LogP contribution in [0.5, 0.6) is 0 Å². The first kappa shape index (κ1) is 15.1. The fraction of sp³-hybridized carbons (Fsp3) is 0.385. The zero-order valence-corrected chi connectivity index (χ0v) is 11.3. The van der Waals surface area contributed by atoms with Crippen molar-refractivity contribution in [2.45, 2.75) is 26.0 Å². The van der Waals surface area contributed by atoms with Gasteiger partial charge in [-0.2, -0.15) is 0 Å². The van der Waals surface area contributed by atoms with Crippen LogP contribution in [0.2, 0.25) is 0 Å². The molecule has 0 radical (unpaired) electrons. The Labute approximate surface area is 112 Å². The van der Waals surface area contributed by atoms with Gasteiger partial charge in [0, 0.05) is 18.5 Å². The Bertz CT molecular complexity index is 460. The van der Waals surface area contributed by atoms with Crippen LogP contribution in [0.25, 0.3) is 0 Å². The number of rotatable bonds is 5. The highest BCUT2D eigenvalue weighted by molar-refractivity contribution is 5.97. The summed E-state index contributed by atoms with van der Waals surface area (Å²) >= 11 is 0. The third kappa shape index (κ3) is 4.69. The van der Waals surface area contributed by atoms with Crippen molar-refractivity contribution in [3.63, 3.8) is 0 Å². The van der Waals surface area contributed by atoms with Gasteiger partial charge in [0.1, 0.15) is 6.10 Å². The number of carbonyl (C=O) groups is 2. The van der Waals surface area contributed by atoms with Crippen molar-refractivity contribution in [3.8, 4) is 0 Å². The minimum absolute atomic E-state index is 0.252. The third-order valence-electron chi connectivity index (χ3n) is 2.53. The van der Waals surface area contributed by atoms with Gasteiger partial charge in [0.2, 0.25) is 5.91 Å². The van der Waals surface area contributed by atoms with Crippen molar-refractivity contribution < 1.29 is 14.3 Å². The lowest BCUT2D eigenvalue weighted by atomic mass is 10.2. The summed E-state index contributed by atoms with van der Waals surface area (Å²) in [6.45, 7) is 3.25. The monoisotopic (exact) mass is 265 g/mol. The zero-order chi connectivity index (χ0) is 14.4. The Kier molecular flexibility index (Phi) is 5.47. The minimum atomic E-state index is -0.591. The summed E-state index contributed by atoms with van der Waals surface area (Å²) < 4.78 is 4.91. The van der Waals surface area contributed by atoms with Gasteiger partial charge in [-0.05, 0) is 32.0 Å². The molecule has 1 aromatic carbocycles. The molecule has 0 spiro atoms. The van der Waals surface area contributed by atoms with Gasteiger partial charge in [0.05, 0.1) is 6.04 Å². The van der Waals surface area contributed by atoms with Crippen molar-refractivity contribution >= 4 is 23.2 Å². The van der Waals surface area contributed by atoms with E-state index >= 15 is 0 Å². The van der Waals surface area contributed by atoms with E-state index in [4.69, 9.17) is 10.5 Å². The van der Waals surface area contributed by atoms with E-state index in [9.17, 15) is 9.59 Å². The highest BCUT2D eigenvalue weighted by atomic mass is 16.5. The lowest BCUT2D eigenvalue weighted by molar-refractivity contribution is -0.124. The predicted molar refractivity (Wildman–Crippen MR) is 73.8 cm³/mol. The van der Waals surface area contributed by atoms with E-state index in [1.54, 1.807) is 38.1 Å². The Balaban J connectivity index is 2.72. The molecule has 0 bridgehead atoms. The van der Waals surface area contributed by atoms with Crippen LogP contribution >= 0.6 is 0 Å². The van der Waals surface area contributed by atoms with Crippen molar-refractivity contribution in [2.24, 2.45) is 5.73 Å². The van der Waals surface area contributed by atoms with Crippen LogP contribution in [0.1, 0.15) is 13.8 Å². The molecule has 2 amide bonds. The smallest absolute Gasteiger partial charge is 0.253 e. The number of ether oxygens (including phenoxy) is 1. The fourth-order valence-corrected chi connectivity index (χ4v) is 1.28. The summed E-state index contributed by atoms with van der Waals surface area (Å²) in [7, 11) is 1.46. The molecule has 0 saturated carbocycles. The maximum absolute atomic E-state index is 11.6. The first-order valence-corrected chi connectivity index (χ1v) is 5.94. The quantitative estimate of drug-likeness (QED) is 0.738. The van der Waals surface area contributed by atoms with E-state index in [1.165, 1.54) is 7.11 Å². The molecule has 19 heavy (non-hydrogen) atoms. The van der Waals surface area contributed by atoms with Gasteiger partial charge >= 0.3 is 0 Å². The summed E-state index contributed by atoms with van der Waals surface area (Å²) in [5.74, 6) is -0.535. The highest BCUT2D eigenvalue weighted by Gasteiger charge is 2.12. The van der Waals surface area contributed by atoms with Crippen molar-refractivity contribution in [1.29, 1.82) is 0 Å². The lowest BCUT2D eigenvalue weighted by Crippen LogP contribution is -2.32. The predicted octanol–water partition coefficient (Wildman–Crippen LogP) is 0.946. The van der Waals surface area contributed by atoms with Gasteiger partial charge in [0.15, 0.2) is 0 Å². The Hall–Kier alpha value is -1.92. The second kappa shape index (κ2) is 6.86. The zero-order valence-electron chi connectivity index (χ0n) is 11.3. The molecule has 2 atom stereocenters. The van der Waals surface area contributed by atoms with Crippen LogP contribution in [-0.2, 0) is 14.3 Å². The standard InChI is InChI=1S/C13H19N3O3/c1-8(14)12(17)15-10-5-4-6-11(7-10)16-13(18)9(2)19-3/h4-9H,14H2,1-3H3,(H,15,17)(H,16,18)/t8-,9?/m0/s1. The average Bonchev–Trinajstić information content (AvgIpc) is 2.37. The average molecular weight is 265 g/mol. The molecule has 0 aromatic heterocycles. The SMILES string of the molecule is COC(C)C(=O)Nc1cccc(NC(=O)[C@H](C)N)c1. The van der Waals surface area contributed by atoms with Crippen LogP contribution in [0, 0.1) is 0 Å². The molecule has 0 heterocycles. The van der Waals surface area contributed by atoms with Gasteiger partial charge in [-0.15, -0.1) is 0 Å². The molecule has 1 unspecified atom stereocenters. The number of nitrogens with one attached hydrogen (secondary N) is 2. The maximum Gasteiger partial charge on any atom is 0.253 e. The first-order valence-electron chi connectivity index (χ1n) is 5.94. The van der Waals surface area contributed by atoms with Gasteiger partial charge in [-0.25, -0.2) is 0 Å². The first-order chi connectivity index (χ1) is 8.93. The molecule has 1 aromatic rings. The molecule has 6 nitrogen and oxygen atoms in total. The Morgan fingerprint density at radius 2 is 1.68 bits per heavy atom. The largest absolute Gasteiger partial charge is 0.372 e. The van der Waals surface area contributed by atoms with Crippen LogP contribution in [0.15, 0.2) is 24.3 Å². The van der Waals surface area contributed by atoms with Crippen molar-refractivity contribution in [2.75, 3.05) is 17.7 Å². The number of carbonyl (C=O) groups excluding carboxylic acids is 2. The Morgan fingerprint density at radius 3 is 2.16 bits per heavy atom. The topological polar surface area (TPSA) is 93.5 Å². The van der Waals surface area contributed by atoms with Crippen LogP contribution in [0.4, 0.5) is 11.4 Å². The second-order valence-electron chi connectivity index (χ2n) is 4.23. The van der Waals surface area contributed by atoms with E-state index in [2.05, 4.69) is 10.6 Å². The number of anilines is 2. The molecular formula is C13H19N3O3. The molecule has 1 rings (SSSR count). The van der Waals surface area contributed by atoms with Crippen molar-refractivity contribution in [1.82, 2.24) is 0 Å². The number of amides is 2. The molecule has 0 aliphatic carbocycles. The number of nitrogens with two attached hydrogens (primary N) is 1. The highest BCUT2D eigenvalue weighted by Crippen LogP contribution is 2.15. The van der Waals surface area contributed by atoms with Crippen LogP contribution in [0.3, 0.4) is 0 Å². The maximum atomic E-state index is 11.6. The minimum Gasteiger partial charge on any atom is -0.372 e. The number of benzene rings is 1. The van der Waals surface area contributed by atoms with Gasteiger partial charge in [-0.3, -0.25) is 9.59 Å². The van der Waals surface area contributed by atoms with Crippen LogP contribution < -0.4 is 16.4 Å². The molecule has 4 N–H and O–H groups in total.